The number of hydrogen-bond donors (Lipinski definition) is 2. The molecule has 0 aromatic carbocycles. The molecule has 0 aliphatic rings. The number of ether oxygens (including phenoxy) is 1. The highest BCUT2D eigenvalue weighted by Gasteiger charge is 2.15. The topological polar surface area (TPSA) is 115 Å². The first-order chi connectivity index (χ1) is 8.60. The van der Waals surface area contributed by atoms with Gasteiger partial charge in [-0.25, -0.2) is 4.98 Å². The number of nitrogen functional groups attached to an aromatic ring is 1. The van der Waals surface area contributed by atoms with Crippen LogP contribution in [0.5, 0.6) is 0 Å². The molecule has 0 fully saturated rings. The molecule has 0 spiro atoms. The second kappa shape index (κ2) is 6.72. The Morgan fingerprint density at radius 3 is 2.78 bits per heavy atom. The van der Waals surface area contributed by atoms with Crippen molar-refractivity contribution < 1.29 is 14.8 Å². The first-order valence-electron chi connectivity index (χ1n) is 5.35. The molecule has 1 rings (SSSR count). The van der Waals surface area contributed by atoms with Gasteiger partial charge < -0.3 is 20.5 Å². The molecule has 0 saturated carbocycles. The Balaban J connectivity index is 2.91. The molecular formula is C10H16N4O4. The van der Waals surface area contributed by atoms with E-state index in [1.54, 1.807) is 12.0 Å². The maximum atomic E-state index is 10.6. The van der Waals surface area contributed by atoms with Crippen LogP contribution in [0.3, 0.4) is 0 Å². The van der Waals surface area contributed by atoms with Gasteiger partial charge in [0.05, 0.1) is 18.1 Å². The third-order valence-corrected chi connectivity index (χ3v) is 2.34. The van der Waals surface area contributed by atoms with Crippen LogP contribution in [-0.4, -0.2) is 48.4 Å². The van der Waals surface area contributed by atoms with Crippen LogP contribution in [0.4, 0.5) is 17.3 Å². The summed E-state index contributed by atoms with van der Waals surface area (Å²) in [5.41, 5.74) is 5.28. The second-order valence-corrected chi connectivity index (χ2v) is 3.53. The summed E-state index contributed by atoms with van der Waals surface area (Å²) < 4.78 is 4.94. The third-order valence-electron chi connectivity index (χ3n) is 2.34. The van der Waals surface area contributed by atoms with E-state index in [0.29, 0.717) is 25.5 Å². The van der Waals surface area contributed by atoms with Crippen LogP contribution in [0.25, 0.3) is 0 Å². The average molecular weight is 256 g/mol. The lowest BCUT2D eigenvalue weighted by Gasteiger charge is -2.22. The monoisotopic (exact) mass is 256 g/mol. The zero-order valence-corrected chi connectivity index (χ0v) is 10.1. The van der Waals surface area contributed by atoms with Crippen LogP contribution < -0.4 is 10.6 Å². The molecular weight excluding hydrogens is 240 g/mol. The molecule has 1 aromatic heterocycles. The van der Waals surface area contributed by atoms with Crippen LogP contribution in [0.15, 0.2) is 12.1 Å². The molecule has 0 aliphatic carbocycles. The van der Waals surface area contributed by atoms with Crippen LogP contribution >= 0.6 is 0 Å². The smallest absolute Gasteiger partial charge is 0.311 e. The van der Waals surface area contributed by atoms with Crippen molar-refractivity contribution in [2.75, 3.05) is 44.0 Å². The van der Waals surface area contributed by atoms with Gasteiger partial charge in [-0.3, -0.25) is 10.1 Å². The van der Waals surface area contributed by atoms with E-state index in [1.165, 1.54) is 12.1 Å². The van der Waals surface area contributed by atoms with Crippen LogP contribution in [0.1, 0.15) is 0 Å². The summed E-state index contributed by atoms with van der Waals surface area (Å²) in [6.07, 6.45) is 0. The van der Waals surface area contributed by atoms with E-state index in [-0.39, 0.29) is 18.1 Å². The molecule has 3 N–H and O–H groups in total. The molecule has 0 atom stereocenters. The number of nitro groups is 1. The summed E-state index contributed by atoms with van der Waals surface area (Å²) in [6.45, 7) is 1.27. The summed E-state index contributed by atoms with van der Waals surface area (Å²) in [5, 5.41) is 19.6. The molecule has 0 saturated heterocycles. The highest BCUT2D eigenvalue weighted by molar-refractivity contribution is 5.57. The standard InChI is InChI=1S/C10H16N4O4/c1-18-7-5-13(4-6-15)9-3-2-8(14(16)17)10(11)12-9/h2-3,15H,4-7H2,1H3,(H2,11,12). The van der Waals surface area contributed by atoms with Gasteiger partial charge in [-0.05, 0) is 6.07 Å². The van der Waals surface area contributed by atoms with E-state index in [4.69, 9.17) is 15.6 Å². The predicted octanol–water partition coefficient (Wildman–Crippen LogP) is 0.0171. The van der Waals surface area contributed by atoms with Crippen molar-refractivity contribution in [3.8, 4) is 0 Å². The van der Waals surface area contributed by atoms with E-state index in [1.807, 2.05) is 0 Å². The minimum Gasteiger partial charge on any atom is -0.395 e. The van der Waals surface area contributed by atoms with Crippen molar-refractivity contribution in [1.29, 1.82) is 0 Å². The second-order valence-electron chi connectivity index (χ2n) is 3.53. The largest absolute Gasteiger partial charge is 0.395 e. The fourth-order valence-corrected chi connectivity index (χ4v) is 1.45. The molecule has 8 nitrogen and oxygen atoms in total. The van der Waals surface area contributed by atoms with Gasteiger partial charge in [-0.15, -0.1) is 0 Å². The first kappa shape index (κ1) is 14.1. The van der Waals surface area contributed by atoms with Gasteiger partial charge in [0, 0.05) is 26.3 Å². The van der Waals surface area contributed by atoms with E-state index in [0.717, 1.165) is 0 Å². The molecule has 18 heavy (non-hydrogen) atoms. The lowest BCUT2D eigenvalue weighted by Crippen LogP contribution is -2.31. The number of aliphatic hydroxyl groups is 1. The maximum Gasteiger partial charge on any atom is 0.311 e. The number of nitrogens with two attached hydrogens (primary N) is 1. The fourth-order valence-electron chi connectivity index (χ4n) is 1.45. The molecule has 0 radical (unpaired) electrons. The van der Waals surface area contributed by atoms with Gasteiger partial charge in [0.2, 0.25) is 5.82 Å². The number of pyridine rings is 1. The van der Waals surface area contributed by atoms with Gasteiger partial charge in [-0.2, -0.15) is 0 Å². The van der Waals surface area contributed by atoms with E-state index >= 15 is 0 Å². The average Bonchev–Trinajstić information content (AvgIpc) is 2.33. The number of rotatable bonds is 7. The molecule has 0 bridgehead atoms. The van der Waals surface area contributed by atoms with Crippen LogP contribution in [0, 0.1) is 10.1 Å². The Morgan fingerprint density at radius 2 is 2.28 bits per heavy atom. The Hall–Kier alpha value is -1.93. The Kier molecular flexibility index (Phi) is 5.28. The summed E-state index contributed by atoms with van der Waals surface area (Å²) in [5.74, 6) is 0.335. The normalized spacial score (nSPS) is 10.3. The minimum atomic E-state index is -0.586. The van der Waals surface area contributed by atoms with Gasteiger partial charge in [0.25, 0.3) is 0 Å². The number of aliphatic hydroxyl groups excluding tert-OH is 1. The lowest BCUT2D eigenvalue weighted by molar-refractivity contribution is -0.384. The number of nitrogens with zero attached hydrogens (tertiary/aromatic N) is 3. The minimum absolute atomic E-state index is 0.0533. The zero-order chi connectivity index (χ0) is 13.5. The summed E-state index contributed by atoms with van der Waals surface area (Å²) >= 11 is 0. The maximum absolute atomic E-state index is 10.6. The molecule has 8 heteroatoms. The Labute approximate surface area is 104 Å². The van der Waals surface area contributed by atoms with E-state index in [2.05, 4.69) is 4.98 Å². The van der Waals surface area contributed by atoms with Crippen molar-refractivity contribution in [2.24, 2.45) is 0 Å². The SMILES string of the molecule is COCCN(CCO)c1ccc([N+](=O)[O-])c(N)n1. The van der Waals surface area contributed by atoms with Gasteiger partial charge >= 0.3 is 5.69 Å². The number of anilines is 2. The molecule has 100 valence electrons. The number of methoxy groups -OCH3 is 1. The van der Waals surface area contributed by atoms with Crippen molar-refractivity contribution in [1.82, 2.24) is 4.98 Å². The Morgan fingerprint density at radius 1 is 1.56 bits per heavy atom. The highest BCUT2D eigenvalue weighted by Crippen LogP contribution is 2.22. The van der Waals surface area contributed by atoms with E-state index in [9.17, 15) is 10.1 Å². The molecule has 1 aromatic rings. The zero-order valence-electron chi connectivity index (χ0n) is 10.1. The quantitative estimate of drug-likeness (QED) is 0.521. The number of hydrogen-bond acceptors (Lipinski definition) is 7. The molecule has 0 unspecified atom stereocenters. The van der Waals surface area contributed by atoms with Gasteiger partial charge in [0.1, 0.15) is 5.82 Å². The third kappa shape index (κ3) is 3.54. The molecule has 0 amide bonds. The van der Waals surface area contributed by atoms with Crippen molar-refractivity contribution in [3.05, 3.63) is 22.2 Å². The van der Waals surface area contributed by atoms with Crippen LogP contribution in [-0.2, 0) is 4.74 Å². The molecule has 0 aliphatic heterocycles. The highest BCUT2D eigenvalue weighted by atomic mass is 16.6. The van der Waals surface area contributed by atoms with Gasteiger partial charge in [0.15, 0.2) is 0 Å². The Bertz CT molecular complexity index is 413. The predicted molar refractivity (Wildman–Crippen MR) is 66.5 cm³/mol. The van der Waals surface area contributed by atoms with Crippen molar-refractivity contribution in [2.45, 2.75) is 0 Å². The van der Waals surface area contributed by atoms with Gasteiger partial charge in [-0.1, -0.05) is 0 Å². The fraction of sp³-hybridized carbons (Fsp3) is 0.500. The lowest BCUT2D eigenvalue weighted by atomic mass is 10.3. The number of aromatic nitrogens is 1. The summed E-state index contributed by atoms with van der Waals surface area (Å²) in [7, 11) is 1.56. The van der Waals surface area contributed by atoms with Crippen LogP contribution in [0.2, 0.25) is 0 Å². The summed E-state index contributed by atoms with van der Waals surface area (Å²) in [4.78, 5) is 15.7. The van der Waals surface area contributed by atoms with E-state index < -0.39 is 4.92 Å². The molecule has 1 heterocycles. The van der Waals surface area contributed by atoms with Crippen molar-refractivity contribution in [3.63, 3.8) is 0 Å². The summed E-state index contributed by atoms with van der Waals surface area (Å²) in [6, 6.07) is 2.80. The first-order valence-corrected chi connectivity index (χ1v) is 5.35. The van der Waals surface area contributed by atoms with Crippen molar-refractivity contribution >= 4 is 17.3 Å².